The number of amides is 1. The van der Waals surface area contributed by atoms with Crippen molar-refractivity contribution < 1.29 is 4.79 Å². The summed E-state index contributed by atoms with van der Waals surface area (Å²) in [5, 5.41) is 0. The van der Waals surface area contributed by atoms with Gasteiger partial charge in [-0.25, -0.2) is 0 Å². The highest BCUT2D eigenvalue weighted by Crippen LogP contribution is 2.39. The lowest BCUT2D eigenvalue weighted by molar-refractivity contribution is -0.136. The first kappa shape index (κ1) is 11.9. The Balaban J connectivity index is 2.60. The van der Waals surface area contributed by atoms with E-state index < -0.39 is 0 Å². The Labute approximate surface area is 100 Å². The second-order valence-corrected chi connectivity index (χ2v) is 7.43. The van der Waals surface area contributed by atoms with Crippen molar-refractivity contribution in [2.24, 2.45) is 0 Å². The molecule has 0 saturated carbocycles. The predicted molar refractivity (Wildman–Crippen MR) is 64.5 cm³/mol. The third-order valence-electron chi connectivity index (χ3n) is 2.12. The maximum absolute atomic E-state index is 11.2. The Bertz CT molecular complexity index is 217. The normalized spacial score (nSPS) is 25.8. The van der Waals surface area contributed by atoms with Crippen LogP contribution in [0.5, 0.6) is 0 Å². The molecule has 76 valence electrons. The Morgan fingerprint density at radius 2 is 2.23 bits per heavy atom. The maximum atomic E-state index is 11.2. The molecule has 2 unspecified atom stereocenters. The lowest BCUT2D eigenvalue weighted by Crippen LogP contribution is -2.56. The first-order valence-corrected chi connectivity index (χ1v) is 6.96. The number of rotatable bonds is 3. The third-order valence-corrected chi connectivity index (χ3v) is 5.85. The molecule has 1 aliphatic heterocycles. The first-order valence-electron chi connectivity index (χ1n) is 4.07. The summed E-state index contributed by atoms with van der Waals surface area (Å²) < 4.78 is 1.86. The van der Waals surface area contributed by atoms with Gasteiger partial charge in [-0.05, 0) is 13.8 Å². The number of hydrogen-bond donors (Lipinski definition) is 0. The summed E-state index contributed by atoms with van der Waals surface area (Å²) in [7, 11) is 0. The first-order chi connectivity index (χ1) is 5.88. The molecule has 1 heterocycles. The molecule has 0 aromatic rings. The average Bonchev–Trinajstić information content (AvgIpc) is 1.97. The molecule has 5 heteroatoms. The predicted octanol–water partition coefficient (Wildman–Crippen LogP) is 2.80. The fraction of sp³-hybridized carbons (Fsp3) is 0.875. The average molecular weight is 331 g/mol. The minimum Gasteiger partial charge on any atom is -0.282 e. The van der Waals surface area contributed by atoms with Gasteiger partial charge >= 0.3 is 0 Å². The summed E-state index contributed by atoms with van der Waals surface area (Å²) in [4.78, 5) is 11.5. The zero-order valence-corrected chi connectivity index (χ0v) is 11.9. The van der Waals surface area contributed by atoms with Gasteiger partial charge in [0.25, 0.3) is 0 Å². The lowest BCUT2D eigenvalue weighted by Gasteiger charge is -2.44. The number of nitrogens with zero attached hydrogens (tertiary/aromatic N) is 1. The van der Waals surface area contributed by atoms with E-state index in [1.807, 2.05) is 10.6 Å². The Hall–Kier alpha value is 0.780. The van der Waals surface area contributed by atoms with E-state index in [1.165, 1.54) is 11.9 Å². The smallest absolute Gasteiger partial charge is 0.234 e. The van der Waals surface area contributed by atoms with Crippen molar-refractivity contribution in [1.29, 1.82) is 0 Å². The molecule has 2 atom stereocenters. The van der Waals surface area contributed by atoms with E-state index in [-0.39, 0.29) is 10.2 Å². The molecule has 0 aromatic carbocycles. The monoisotopic (exact) mass is 329 g/mol. The SMILES string of the molecule is CSN1C(=O)CC1C(Br)C(C)(C)Br. The minimum absolute atomic E-state index is 0.0202. The van der Waals surface area contributed by atoms with Crippen molar-refractivity contribution in [2.75, 3.05) is 6.26 Å². The van der Waals surface area contributed by atoms with E-state index in [0.717, 1.165) is 0 Å². The summed E-state index contributed by atoms with van der Waals surface area (Å²) in [6.07, 6.45) is 2.59. The van der Waals surface area contributed by atoms with Gasteiger partial charge in [-0.1, -0.05) is 43.8 Å². The van der Waals surface area contributed by atoms with Crippen molar-refractivity contribution in [2.45, 2.75) is 35.5 Å². The van der Waals surface area contributed by atoms with Crippen LogP contribution in [0.25, 0.3) is 0 Å². The van der Waals surface area contributed by atoms with Gasteiger partial charge in [-0.15, -0.1) is 0 Å². The molecule has 1 saturated heterocycles. The third kappa shape index (κ3) is 2.42. The highest BCUT2D eigenvalue weighted by molar-refractivity contribution is 9.12. The van der Waals surface area contributed by atoms with Gasteiger partial charge in [0, 0.05) is 10.6 Å². The highest BCUT2D eigenvalue weighted by Gasteiger charge is 2.45. The van der Waals surface area contributed by atoms with Crippen molar-refractivity contribution in [3.8, 4) is 0 Å². The Morgan fingerprint density at radius 3 is 2.54 bits per heavy atom. The van der Waals surface area contributed by atoms with Crippen molar-refractivity contribution >= 4 is 49.7 Å². The van der Waals surface area contributed by atoms with Gasteiger partial charge in [0.05, 0.1) is 17.3 Å². The molecule has 13 heavy (non-hydrogen) atoms. The number of alkyl halides is 2. The van der Waals surface area contributed by atoms with Crippen molar-refractivity contribution in [3.05, 3.63) is 0 Å². The van der Waals surface area contributed by atoms with E-state index in [0.29, 0.717) is 17.3 Å². The van der Waals surface area contributed by atoms with Gasteiger partial charge in [0.15, 0.2) is 0 Å². The highest BCUT2D eigenvalue weighted by atomic mass is 79.9. The topological polar surface area (TPSA) is 20.3 Å². The molecular weight excluding hydrogens is 318 g/mol. The fourth-order valence-corrected chi connectivity index (χ4v) is 2.97. The quantitative estimate of drug-likeness (QED) is 0.450. The molecule has 1 rings (SSSR count). The number of carbonyl (C=O) groups is 1. The van der Waals surface area contributed by atoms with Crippen LogP contribution >= 0.6 is 43.8 Å². The fourth-order valence-electron chi connectivity index (χ4n) is 1.34. The molecule has 1 fully saturated rings. The van der Waals surface area contributed by atoms with Crippen LogP contribution < -0.4 is 0 Å². The largest absolute Gasteiger partial charge is 0.282 e. The van der Waals surface area contributed by atoms with Gasteiger partial charge in [-0.2, -0.15) is 0 Å². The lowest BCUT2D eigenvalue weighted by atomic mass is 9.95. The molecule has 0 aromatic heterocycles. The zero-order chi connectivity index (χ0) is 10.2. The molecule has 0 spiro atoms. The number of β-lactam (4-membered cyclic amide) rings is 1. The Kier molecular flexibility index (Phi) is 3.74. The zero-order valence-electron chi connectivity index (χ0n) is 7.88. The maximum Gasteiger partial charge on any atom is 0.234 e. The molecule has 1 amide bonds. The van der Waals surface area contributed by atoms with Crippen molar-refractivity contribution in [1.82, 2.24) is 4.31 Å². The summed E-state index contributed by atoms with van der Waals surface area (Å²) in [5.41, 5.74) is 0. The number of hydrogen-bond acceptors (Lipinski definition) is 2. The van der Waals surface area contributed by atoms with Crippen LogP contribution in [0, 0.1) is 0 Å². The Morgan fingerprint density at radius 1 is 1.69 bits per heavy atom. The van der Waals surface area contributed by atoms with E-state index in [2.05, 4.69) is 45.7 Å². The van der Waals surface area contributed by atoms with Gasteiger partial charge in [0.2, 0.25) is 5.91 Å². The van der Waals surface area contributed by atoms with Crippen LogP contribution in [0.3, 0.4) is 0 Å². The van der Waals surface area contributed by atoms with Crippen LogP contribution in [-0.2, 0) is 4.79 Å². The van der Waals surface area contributed by atoms with E-state index in [9.17, 15) is 4.79 Å². The minimum atomic E-state index is 0.0202. The summed E-state index contributed by atoms with van der Waals surface area (Å²) in [6.45, 7) is 4.21. The van der Waals surface area contributed by atoms with Crippen LogP contribution in [0.4, 0.5) is 0 Å². The summed E-state index contributed by atoms with van der Waals surface area (Å²) >= 11 is 8.74. The number of halogens is 2. The van der Waals surface area contributed by atoms with Gasteiger partial charge in [0.1, 0.15) is 0 Å². The summed E-state index contributed by atoms with van der Waals surface area (Å²) in [5.74, 6) is 0.235. The van der Waals surface area contributed by atoms with Gasteiger partial charge in [-0.3, -0.25) is 9.10 Å². The second-order valence-electron chi connectivity index (χ2n) is 3.64. The number of carbonyl (C=O) groups excluding carboxylic acids is 1. The van der Waals surface area contributed by atoms with Crippen molar-refractivity contribution in [3.63, 3.8) is 0 Å². The van der Waals surface area contributed by atoms with Gasteiger partial charge < -0.3 is 0 Å². The molecule has 0 bridgehead atoms. The molecule has 2 nitrogen and oxygen atoms in total. The molecule has 1 aliphatic rings. The van der Waals surface area contributed by atoms with Crippen LogP contribution in [0.2, 0.25) is 0 Å². The summed E-state index contributed by atoms with van der Waals surface area (Å²) in [6, 6.07) is 0.317. The van der Waals surface area contributed by atoms with E-state index in [4.69, 9.17) is 0 Å². The van der Waals surface area contributed by atoms with Crippen LogP contribution in [0.1, 0.15) is 20.3 Å². The van der Waals surface area contributed by atoms with E-state index in [1.54, 1.807) is 0 Å². The van der Waals surface area contributed by atoms with Crippen LogP contribution in [0.15, 0.2) is 0 Å². The standard InChI is InChI=1S/C8H13Br2NOS/c1-8(2,10)7(9)5-4-6(12)11(5)13-3/h5,7H,4H2,1-3H3. The van der Waals surface area contributed by atoms with E-state index >= 15 is 0 Å². The van der Waals surface area contributed by atoms with Crippen LogP contribution in [-0.4, -0.2) is 31.7 Å². The second kappa shape index (κ2) is 4.11. The molecule has 0 N–H and O–H groups in total. The molecule has 0 aliphatic carbocycles. The molecular formula is C8H13Br2NOS. The molecule has 0 radical (unpaired) electrons.